The molecule has 6 heteroatoms. The van der Waals surface area contributed by atoms with Gasteiger partial charge in [-0.15, -0.1) is 0 Å². The van der Waals surface area contributed by atoms with Crippen molar-refractivity contribution >= 4 is 5.69 Å². The number of rotatable bonds is 5. The molecule has 0 aliphatic heterocycles. The minimum absolute atomic E-state index is 0.500. The summed E-state index contributed by atoms with van der Waals surface area (Å²) in [5.41, 5.74) is 2.66. The van der Waals surface area contributed by atoms with Crippen LogP contribution in [0.15, 0.2) is 24.7 Å². The largest absolute Gasteiger partial charge is 0.481 e. The molecular formula is C13H16N4O2. The number of hydrogen-bond acceptors (Lipinski definition) is 6. The van der Waals surface area contributed by atoms with Crippen molar-refractivity contribution in [3.8, 4) is 11.8 Å². The highest BCUT2D eigenvalue weighted by Crippen LogP contribution is 2.24. The maximum atomic E-state index is 5.22. The number of hydrogen-bond donors (Lipinski definition) is 1. The summed E-state index contributed by atoms with van der Waals surface area (Å²) in [4.78, 5) is 12.4. The Morgan fingerprint density at radius 1 is 1.11 bits per heavy atom. The average Bonchev–Trinajstić information content (AvgIpc) is 2.46. The number of anilines is 1. The van der Waals surface area contributed by atoms with Crippen LogP contribution < -0.4 is 14.8 Å². The Kier molecular flexibility index (Phi) is 4.12. The first-order valence-corrected chi connectivity index (χ1v) is 5.83. The Labute approximate surface area is 111 Å². The molecule has 0 unspecified atom stereocenters. The van der Waals surface area contributed by atoms with Crippen molar-refractivity contribution in [2.24, 2.45) is 0 Å². The number of nitrogens with one attached hydrogen (secondary N) is 1. The van der Waals surface area contributed by atoms with Crippen molar-refractivity contribution in [1.29, 1.82) is 0 Å². The van der Waals surface area contributed by atoms with Crippen LogP contribution in [0.4, 0.5) is 5.69 Å². The van der Waals surface area contributed by atoms with E-state index < -0.39 is 0 Å². The number of nitrogens with zero attached hydrogens (tertiary/aromatic N) is 3. The van der Waals surface area contributed by atoms with Crippen LogP contribution in [-0.4, -0.2) is 29.2 Å². The summed E-state index contributed by atoms with van der Waals surface area (Å²) in [7, 11) is 3.14. The maximum Gasteiger partial charge on any atom is 0.225 e. The molecule has 0 aromatic carbocycles. The van der Waals surface area contributed by atoms with Gasteiger partial charge < -0.3 is 14.8 Å². The molecule has 0 atom stereocenters. The lowest BCUT2D eigenvalue weighted by Gasteiger charge is -2.13. The van der Waals surface area contributed by atoms with E-state index in [1.165, 1.54) is 6.33 Å². The van der Waals surface area contributed by atoms with Crippen molar-refractivity contribution in [2.45, 2.75) is 13.5 Å². The van der Waals surface area contributed by atoms with Crippen LogP contribution in [0, 0.1) is 6.92 Å². The number of pyridine rings is 1. The molecule has 0 radical (unpaired) electrons. The van der Waals surface area contributed by atoms with Crippen LogP contribution in [0.3, 0.4) is 0 Å². The second-order valence-corrected chi connectivity index (χ2v) is 3.86. The van der Waals surface area contributed by atoms with E-state index in [2.05, 4.69) is 20.3 Å². The summed E-state index contributed by atoms with van der Waals surface area (Å²) < 4.78 is 10.4. The van der Waals surface area contributed by atoms with E-state index in [9.17, 15) is 0 Å². The van der Waals surface area contributed by atoms with Gasteiger partial charge in [0.15, 0.2) is 0 Å². The van der Waals surface area contributed by atoms with E-state index in [-0.39, 0.29) is 0 Å². The van der Waals surface area contributed by atoms with Crippen LogP contribution in [0.2, 0.25) is 0 Å². The molecule has 0 fully saturated rings. The smallest absolute Gasteiger partial charge is 0.225 e. The van der Waals surface area contributed by atoms with Crippen LogP contribution in [0.25, 0.3) is 0 Å². The first-order valence-electron chi connectivity index (χ1n) is 5.83. The highest BCUT2D eigenvalue weighted by molar-refractivity contribution is 5.48. The summed E-state index contributed by atoms with van der Waals surface area (Å²) in [6.45, 7) is 2.44. The lowest BCUT2D eigenvalue weighted by molar-refractivity contribution is 0.363. The lowest BCUT2D eigenvalue weighted by atomic mass is 10.2. The number of methoxy groups -OCH3 is 2. The number of ether oxygens (including phenoxy) is 2. The van der Waals surface area contributed by atoms with Gasteiger partial charge in [-0.3, -0.25) is 4.98 Å². The summed E-state index contributed by atoms with van der Waals surface area (Å²) in [6, 6.07) is 3.84. The molecule has 0 bridgehead atoms. The van der Waals surface area contributed by atoms with Crippen molar-refractivity contribution in [3.63, 3.8) is 0 Å². The van der Waals surface area contributed by atoms with Gasteiger partial charge in [0.25, 0.3) is 0 Å². The molecule has 0 spiro atoms. The normalized spacial score (nSPS) is 10.1. The van der Waals surface area contributed by atoms with Crippen LogP contribution >= 0.6 is 0 Å². The van der Waals surface area contributed by atoms with Crippen LogP contribution in [-0.2, 0) is 6.54 Å². The summed E-state index contributed by atoms with van der Waals surface area (Å²) in [5.74, 6) is 1.00. The van der Waals surface area contributed by atoms with Crippen molar-refractivity contribution in [1.82, 2.24) is 15.0 Å². The Morgan fingerprint density at radius 3 is 2.37 bits per heavy atom. The highest BCUT2D eigenvalue weighted by atomic mass is 16.5. The fraction of sp³-hybridized carbons (Fsp3) is 0.308. The topological polar surface area (TPSA) is 69.2 Å². The van der Waals surface area contributed by atoms with Gasteiger partial charge in [-0.1, -0.05) is 0 Å². The molecule has 0 saturated carbocycles. The molecule has 6 nitrogen and oxygen atoms in total. The first kappa shape index (κ1) is 13.1. The third-order valence-corrected chi connectivity index (χ3v) is 2.72. The quantitative estimate of drug-likeness (QED) is 0.884. The molecule has 100 valence electrons. The van der Waals surface area contributed by atoms with E-state index in [1.807, 2.05) is 19.1 Å². The summed E-state index contributed by atoms with van der Waals surface area (Å²) >= 11 is 0. The predicted octanol–water partition coefficient (Wildman–Crippen LogP) is 1.81. The van der Waals surface area contributed by atoms with Crippen molar-refractivity contribution in [2.75, 3.05) is 19.5 Å². The van der Waals surface area contributed by atoms with Gasteiger partial charge >= 0.3 is 0 Å². The van der Waals surface area contributed by atoms with E-state index in [4.69, 9.17) is 9.47 Å². The SMILES string of the molecule is COc1ncnc(OC)c1CNc1cccnc1C. The number of aromatic nitrogens is 3. The third-order valence-electron chi connectivity index (χ3n) is 2.72. The third kappa shape index (κ3) is 2.90. The minimum atomic E-state index is 0.500. The lowest BCUT2D eigenvalue weighted by Crippen LogP contribution is -2.07. The monoisotopic (exact) mass is 260 g/mol. The Morgan fingerprint density at radius 2 is 1.79 bits per heavy atom. The van der Waals surface area contributed by atoms with Crippen molar-refractivity contribution in [3.05, 3.63) is 35.9 Å². The summed E-state index contributed by atoms with van der Waals surface area (Å²) in [5, 5.41) is 3.28. The van der Waals surface area contributed by atoms with Gasteiger partial charge in [-0.2, -0.15) is 0 Å². The van der Waals surface area contributed by atoms with Crippen molar-refractivity contribution < 1.29 is 9.47 Å². The average molecular weight is 260 g/mol. The van der Waals surface area contributed by atoms with Gasteiger partial charge in [-0.05, 0) is 19.1 Å². The Hall–Kier alpha value is -2.37. The first-order chi connectivity index (χ1) is 9.26. The van der Waals surface area contributed by atoms with Gasteiger partial charge in [0, 0.05) is 6.20 Å². The Balaban J connectivity index is 2.21. The van der Waals surface area contributed by atoms with Gasteiger partial charge in [0.2, 0.25) is 11.8 Å². The van der Waals surface area contributed by atoms with E-state index in [1.54, 1.807) is 20.4 Å². The fourth-order valence-electron chi connectivity index (χ4n) is 1.74. The molecule has 0 aliphatic carbocycles. The van der Waals surface area contributed by atoms with Crippen LogP contribution in [0.1, 0.15) is 11.3 Å². The zero-order valence-electron chi connectivity index (χ0n) is 11.2. The van der Waals surface area contributed by atoms with E-state index in [0.717, 1.165) is 16.9 Å². The molecule has 0 amide bonds. The maximum absolute atomic E-state index is 5.22. The van der Waals surface area contributed by atoms with E-state index in [0.29, 0.717) is 18.3 Å². The molecule has 2 aromatic heterocycles. The predicted molar refractivity (Wildman–Crippen MR) is 71.4 cm³/mol. The summed E-state index contributed by atoms with van der Waals surface area (Å²) in [6.07, 6.45) is 3.17. The fourth-order valence-corrected chi connectivity index (χ4v) is 1.74. The highest BCUT2D eigenvalue weighted by Gasteiger charge is 2.12. The molecule has 2 aromatic rings. The molecular weight excluding hydrogens is 244 g/mol. The zero-order chi connectivity index (χ0) is 13.7. The molecule has 0 aliphatic rings. The molecule has 1 N–H and O–H groups in total. The molecule has 0 saturated heterocycles. The number of aryl methyl sites for hydroxylation is 1. The van der Waals surface area contributed by atoms with Crippen LogP contribution in [0.5, 0.6) is 11.8 Å². The second kappa shape index (κ2) is 5.99. The minimum Gasteiger partial charge on any atom is -0.481 e. The molecule has 2 heterocycles. The zero-order valence-corrected chi connectivity index (χ0v) is 11.2. The van der Waals surface area contributed by atoms with Gasteiger partial charge in [0.1, 0.15) is 6.33 Å². The molecule has 19 heavy (non-hydrogen) atoms. The van der Waals surface area contributed by atoms with Gasteiger partial charge in [-0.25, -0.2) is 9.97 Å². The standard InChI is InChI=1S/C13H16N4O2/c1-9-11(5-4-6-14-9)15-7-10-12(18-2)16-8-17-13(10)19-3/h4-6,8,15H,7H2,1-3H3. The second-order valence-electron chi connectivity index (χ2n) is 3.86. The van der Waals surface area contributed by atoms with Gasteiger partial charge in [0.05, 0.1) is 37.7 Å². The van der Waals surface area contributed by atoms with E-state index >= 15 is 0 Å². The molecule has 2 rings (SSSR count). The Bertz CT molecular complexity index is 538.